The normalized spacial score (nSPS) is 12.0. The van der Waals surface area contributed by atoms with E-state index in [9.17, 15) is 4.39 Å². The molecule has 3 heteroatoms. The summed E-state index contributed by atoms with van der Waals surface area (Å²) in [4.78, 5) is 4.88. The number of hydrogen-bond donors (Lipinski definition) is 1. The first-order chi connectivity index (χ1) is 13.3. The molecular formula is C24H21FN2. The minimum Gasteiger partial charge on any atom is -0.385 e. The second-order valence-corrected chi connectivity index (χ2v) is 6.61. The Morgan fingerprint density at radius 1 is 0.778 bits per heavy atom. The Kier molecular flexibility index (Phi) is 5.10. The molecular weight excluding hydrogens is 335 g/mol. The number of nitrogens with zero attached hydrogens (tertiary/aromatic N) is 1. The number of para-hydroxylation sites is 2. The van der Waals surface area contributed by atoms with Crippen molar-refractivity contribution in [1.29, 1.82) is 0 Å². The van der Waals surface area contributed by atoms with Crippen LogP contribution in [0.15, 0.2) is 91.0 Å². The summed E-state index contributed by atoms with van der Waals surface area (Å²) in [7, 11) is 0. The molecule has 0 fully saturated rings. The Bertz CT molecular complexity index is 1010. The predicted octanol–water partition coefficient (Wildman–Crippen LogP) is 6.01. The molecule has 3 aromatic carbocycles. The molecule has 1 heterocycles. The average Bonchev–Trinajstić information content (AvgIpc) is 2.73. The molecule has 4 rings (SSSR count). The first kappa shape index (κ1) is 17.2. The predicted molar refractivity (Wildman–Crippen MR) is 110 cm³/mol. The minimum absolute atomic E-state index is 0.103. The van der Waals surface area contributed by atoms with Gasteiger partial charge in [-0.1, -0.05) is 54.6 Å². The fraction of sp³-hybridized carbons (Fsp3) is 0.125. The van der Waals surface area contributed by atoms with E-state index in [1.165, 1.54) is 12.1 Å². The van der Waals surface area contributed by atoms with Crippen molar-refractivity contribution in [2.24, 2.45) is 0 Å². The van der Waals surface area contributed by atoms with Gasteiger partial charge in [0.15, 0.2) is 0 Å². The highest BCUT2D eigenvalue weighted by atomic mass is 19.1. The average molecular weight is 356 g/mol. The van der Waals surface area contributed by atoms with Gasteiger partial charge in [-0.25, -0.2) is 4.39 Å². The minimum atomic E-state index is -0.216. The topological polar surface area (TPSA) is 24.9 Å². The van der Waals surface area contributed by atoms with Crippen molar-refractivity contribution < 1.29 is 4.39 Å². The molecule has 0 radical (unpaired) electrons. The molecule has 0 amide bonds. The summed E-state index contributed by atoms with van der Waals surface area (Å²) in [5, 5.41) is 4.59. The number of anilines is 1. The molecule has 134 valence electrons. The molecule has 4 aromatic rings. The maximum atomic E-state index is 13.4. The lowest BCUT2D eigenvalue weighted by molar-refractivity contribution is 0.625. The Balaban J connectivity index is 1.61. The van der Waals surface area contributed by atoms with Gasteiger partial charge in [0.2, 0.25) is 0 Å². The maximum absolute atomic E-state index is 13.4. The second kappa shape index (κ2) is 8.00. The van der Waals surface area contributed by atoms with Crippen molar-refractivity contribution in [3.8, 4) is 0 Å². The second-order valence-electron chi connectivity index (χ2n) is 6.61. The standard InChI is InChI=1S/C24H21FN2/c25-20-13-10-18(11-14-20)22(16-17-26-21-7-2-1-3-8-21)24-15-12-19-6-4-5-9-23(19)27-24/h1-15,22,26H,16-17H2/t22-/m1/s1. The van der Waals surface area contributed by atoms with Crippen molar-refractivity contribution in [2.75, 3.05) is 11.9 Å². The molecule has 1 N–H and O–H groups in total. The number of benzene rings is 3. The van der Waals surface area contributed by atoms with Crippen LogP contribution in [0.3, 0.4) is 0 Å². The lowest BCUT2D eigenvalue weighted by Crippen LogP contribution is -2.11. The Morgan fingerprint density at radius 2 is 1.52 bits per heavy atom. The van der Waals surface area contributed by atoms with Crippen molar-refractivity contribution >= 4 is 16.6 Å². The summed E-state index contributed by atoms with van der Waals surface area (Å²) < 4.78 is 13.4. The fourth-order valence-electron chi connectivity index (χ4n) is 3.37. The van der Waals surface area contributed by atoms with E-state index in [4.69, 9.17) is 4.98 Å². The SMILES string of the molecule is Fc1ccc([C@@H](CCNc2ccccc2)c2ccc3ccccc3n2)cc1. The lowest BCUT2D eigenvalue weighted by Gasteiger charge is -2.18. The van der Waals surface area contributed by atoms with Crippen LogP contribution in [0.2, 0.25) is 0 Å². The zero-order valence-electron chi connectivity index (χ0n) is 15.0. The van der Waals surface area contributed by atoms with Crippen LogP contribution in [-0.4, -0.2) is 11.5 Å². The molecule has 0 aliphatic heterocycles. The van der Waals surface area contributed by atoms with E-state index in [0.29, 0.717) is 0 Å². The van der Waals surface area contributed by atoms with Crippen molar-refractivity contribution in [3.05, 3.63) is 108 Å². The van der Waals surface area contributed by atoms with Crippen LogP contribution in [0.25, 0.3) is 10.9 Å². The van der Waals surface area contributed by atoms with Gasteiger partial charge in [0.25, 0.3) is 0 Å². The Morgan fingerprint density at radius 3 is 2.33 bits per heavy atom. The van der Waals surface area contributed by atoms with Crippen LogP contribution < -0.4 is 5.32 Å². The van der Waals surface area contributed by atoms with Crippen LogP contribution in [0.4, 0.5) is 10.1 Å². The third-order valence-electron chi connectivity index (χ3n) is 4.79. The van der Waals surface area contributed by atoms with Gasteiger partial charge in [-0.2, -0.15) is 0 Å². The summed E-state index contributed by atoms with van der Waals surface area (Å²) in [6.45, 7) is 0.806. The molecule has 0 bridgehead atoms. The summed E-state index contributed by atoms with van der Waals surface area (Å²) in [5.74, 6) is -0.113. The highest BCUT2D eigenvalue weighted by molar-refractivity contribution is 5.78. The zero-order chi connectivity index (χ0) is 18.5. The molecule has 0 saturated heterocycles. The van der Waals surface area contributed by atoms with Gasteiger partial charge in [0.05, 0.1) is 5.52 Å². The van der Waals surface area contributed by atoms with Gasteiger partial charge in [0.1, 0.15) is 5.82 Å². The summed E-state index contributed by atoms with van der Waals surface area (Å²) in [6.07, 6.45) is 0.867. The van der Waals surface area contributed by atoms with E-state index >= 15 is 0 Å². The van der Waals surface area contributed by atoms with Crippen LogP contribution >= 0.6 is 0 Å². The number of rotatable bonds is 6. The first-order valence-electron chi connectivity index (χ1n) is 9.20. The summed E-state index contributed by atoms with van der Waals surface area (Å²) >= 11 is 0. The fourth-order valence-corrected chi connectivity index (χ4v) is 3.37. The van der Waals surface area contributed by atoms with E-state index in [-0.39, 0.29) is 11.7 Å². The highest BCUT2D eigenvalue weighted by Crippen LogP contribution is 2.28. The third kappa shape index (κ3) is 4.14. The van der Waals surface area contributed by atoms with Crippen LogP contribution in [-0.2, 0) is 0 Å². The van der Waals surface area contributed by atoms with E-state index in [0.717, 1.165) is 40.8 Å². The van der Waals surface area contributed by atoms with Gasteiger partial charge in [0, 0.05) is 29.2 Å². The van der Waals surface area contributed by atoms with E-state index in [1.54, 1.807) is 0 Å². The van der Waals surface area contributed by atoms with E-state index in [1.807, 2.05) is 48.5 Å². The number of pyridine rings is 1. The largest absolute Gasteiger partial charge is 0.385 e. The van der Waals surface area contributed by atoms with Gasteiger partial charge < -0.3 is 5.32 Å². The summed E-state index contributed by atoms with van der Waals surface area (Å²) in [5.41, 5.74) is 4.17. The monoisotopic (exact) mass is 356 g/mol. The first-order valence-corrected chi connectivity index (χ1v) is 9.20. The molecule has 1 aromatic heterocycles. The molecule has 27 heavy (non-hydrogen) atoms. The van der Waals surface area contributed by atoms with Gasteiger partial charge >= 0.3 is 0 Å². The number of halogens is 1. The van der Waals surface area contributed by atoms with Gasteiger partial charge in [-0.3, -0.25) is 4.98 Å². The van der Waals surface area contributed by atoms with E-state index in [2.05, 4.69) is 35.6 Å². The number of hydrogen-bond acceptors (Lipinski definition) is 2. The quantitative estimate of drug-likeness (QED) is 0.458. The van der Waals surface area contributed by atoms with Crippen molar-refractivity contribution in [2.45, 2.75) is 12.3 Å². The zero-order valence-corrected chi connectivity index (χ0v) is 15.0. The smallest absolute Gasteiger partial charge is 0.123 e. The highest BCUT2D eigenvalue weighted by Gasteiger charge is 2.16. The summed E-state index contributed by atoms with van der Waals surface area (Å²) in [6, 6.07) is 29.2. The number of aromatic nitrogens is 1. The van der Waals surface area contributed by atoms with Crippen molar-refractivity contribution in [1.82, 2.24) is 4.98 Å². The Hall–Kier alpha value is -3.20. The number of nitrogens with one attached hydrogen (secondary N) is 1. The molecule has 1 atom stereocenters. The lowest BCUT2D eigenvalue weighted by atomic mass is 9.91. The maximum Gasteiger partial charge on any atom is 0.123 e. The molecule has 0 aliphatic rings. The molecule has 0 saturated carbocycles. The van der Waals surface area contributed by atoms with Crippen molar-refractivity contribution in [3.63, 3.8) is 0 Å². The van der Waals surface area contributed by atoms with E-state index < -0.39 is 0 Å². The number of fused-ring (bicyclic) bond motifs is 1. The molecule has 0 aliphatic carbocycles. The van der Waals surface area contributed by atoms with Gasteiger partial charge in [-0.15, -0.1) is 0 Å². The van der Waals surface area contributed by atoms with Crippen LogP contribution in [0, 0.1) is 5.82 Å². The molecule has 0 unspecified atom stereocenters. The van der Waals surface area contributed by atoms with Crippen LogP contribution in [0.5, 0.6) is 0 Å². The van der Waals surface area contributed by atoms with Crippen LogP contribution in [0.1, 0.15) is 23.6 Å². The van der Waals surface area contributed by atoms with Gasteiger partial charge in [-0.05, 0) is 48.4 Å². The third-order valence-corrected chi connectivity index (χ3v) is 4.79. The molecule has 0 spiro atoms. The Labute approximate surface area is 158 Å². The molecule has 2 nitrogen and oxygen atoms in total.